The summed E-state index contributed by atoms with van der Waals surface area (Å²) in [6, 6.07) is 1.59. The molecule has 2 N–H and O–H groups in total. The van der Waals surface area contributed by atoms with Crippen molar-refractivity contribution in [2.45, 2.75) is 25.8 Å². The number of nitrogens with zero attached hydrogens (tertiary/aromatic N) is 3. The Hall–Kier alpha value is -2.97. The van der Waals surface area contributed by atoms with Crippen LogP contribution >= 0.6 is 0 Å². The van der Waals surface area contributed by atoms with Crippen LogP contribution < -0.4 is 22.1 Å². The van der Waals surface area contributed by atoms with Crippen LogP contribution in [0.1, 0.15) is 28.0 Å². The number of fused-ring (bicyclic) bond motifs is 1. The summed E-state index contributed by atoms with van der Waals surface area (Å²) < 4.78 is 2.14. The number of carbonyl (C=O) groups excluding carboxylic acids is 1. The summed E-state index contributed by atoms with van der Waals surface area (Å²) in [6.07, 6.45) is 3.82. The standard InChI is InChI=1S/C15H17N5O4/c1-19-14(23)10(8-17-15(19)24)13(22)16-5-6-20-12(21)7-9-3-2-4-11(9)18-20/h7-8H,2-6H2,1H3,(H,16,22)(H,17,24). The molecule has 0 aromatic carbocycles. The summed E-state index contributed by atoms with van der Waals surface area (Å²) in [7, 11) is 1.28. The van der Waals surface area contributed by atoms with Gasteiger partial charge in [0.1, 0.15) is 5.56 Å². The van der Waals surface area contributed by atoms with Crippen molar-refractivity contribution in [1.82, 2.24) is 24.6 Å². The monoisotopic (exact) mass is 331 g/mol. The van der Waals surface area contributed by atoms with Crippen LogP contribution in [0.3, 0.4) is 0 Å². The van der Waals surface area contributed by atoms with Crippen LogP contribution in [0.15, 0.2) is 26.6 Å². The van der Waals surface area contributed by atoms with Gasteiger partial charge in [0.05, 0.1) is 12.2 Å². The van der Waals surface area contributed by atoms with Gasteiger partial charge in [-0.3, -0.25) is 19.0 Å². The number of hydrogen-bond donors (Lipinski definition) is 2. The molecule has 0 radical (unpaired) electrons. The predicted octanol–water partition coefficient (Wildman–Crippen LogP) is -1.45. The summed E-state index contributed by atoms with van der Waals surface area (Å²) in [5.41, 5.74) is 0.290. The maximum Gasteiger partial charge on any atom is 0.328 e. The molecule has 1 amide bonds. The second-order valence-electron chi connectivity index (χ2n) is 5.66. The predicted molar refractivity (Wildman–Crippen MR) is 85.2 cm³/mol. The van der Waals surface area contributed by atoms with Crippen molar-refractivity contribution in [3.05, 3.63) is 60.3 Å². The highest BCUT2D eigenvalue weighted by Gasteiger charge is 2.15. The van der Waals surface area contributed by atoms with E-state index in [1.165, 1.54) is 11.7 Å². The Labute approximate surface area is 136 Å². The molecule has 9 nitrogen and oxygen atoms in total. The van der Waals surface area contributed by atoms with E-state index in [1.54, 1.807) is 6.07 Å². The highest BCUT2D eigenvalue weighted by molar-refractivity contribution is 5.93. The lowest BCUT2D eigenvalue weighted by Gasteiger charge is -2.08. The van der Waals surface area contributed by atoms with Gasteiger partial charge in [0, 0.05) is 25.9 Å². The van der Waals surface area contributed by atoms with Crippen LogP contribution in [0.2, 0.25) is 0 Å². The average molecular weight is 331 g/mol. The molecule has 0 bridgehead atoms. The zero-order valence-corrected chi connectivity index (χ0v) is 13.2. The third kappa shape index (κ3) is 2.92. The van der Waals surface area contributed by atoms with E-state index < -0.39 is 17.2 Å². The molecule has 0 spiro atoms. The number of aromatic amines is 1. The number of aryl methyl sites for hydroxylation is 2. The average Bonchev–Trinajstić information content (AvgIpc) is 2.99. The first-order valence-corrected chi connectivity index (χ1v) is 7.64. The number of carbonyl (C=O) groups is 1. The first-order chi connectivity index (χ1) is 11.5. The first-order valence-electron chi connectivity index (χ1n) is 7.64. The van der Waals surface area contributed by atoms with Crippen molar-refractivity contribution >= 4 is 5.91 Å². The van der Waals surface area contributed by atoms with Gasteiger partial charge in [-0.15, -0.1) is 0 Å². The minimum absolute atomic E-state index is 0.146. The van der Waals surface area contributed by atoms with Crippen molar-refractivity contribution < 1.29 is 4.79 Å². The molecule has 24 heavy (non-hydrogen) atoms. The van der Waals surface area contributed by atoms with Gasteiger partial charge in [-0.25, -0.2) is 9.48 Å². The van der Waals surface area contributed by atoms with E-state index in [0.29, 0.717) is 0 Å². The van der Waals surface area contributed by atoms with E-state index in [0.717, 1.165) is 41.3 Å². The zero-order chi connectivity index (χ0) is 17.3. The molecule has 0 atom stereocenters. The van der Waals surface area contributed by atoms with E-state index in [-0.39, 0.29) is 24.2 Å². The van der Waals surface area contributed by atoms with Crippen LogP contribution in [-0.2, 0) is 26.4 Å². The molecule has 9 heteroatoms. The Morgan fingerprint density at radius 3 is 2.92 bits per heavy atom. The lowest BCUT2D eigenvalue weighted by molar-refractivity contribution is 0.0949. The molecule has 0 saturated heterocycles. The number of amides is 1. The summed E-state index contributed by atoms with van der Waals surface area (Å²) in [6.45, 7) is 0.355. The molecule has 1 aliphatic rings. The van der Waals surface area contributed by atoms with Gasteiger partial charge in [0.25, 0.3) is 17.0 Å². The number of rotatable bonds is 4. The quantitative estimate of drug-likeness (QED) is 0.710. The fourth-order valence-corrected chi connectivity index (χ4v) is 2.70. The normalized spacial score (nSPS) is 12.9. The SMILES string of the molecule is Cn1c(=O)[nH]cc(C(=O)NCCn2nc3c(cc2=O)CCC3)c1=O. The molecular weight excluding hydrogens is 314 g/mol. The van der Waals surface area contributed by atoms with Gasteiger partial charge in [0.15, 0.2) is 0 Å². The Balaban J connectivity index is 1.68. The fourth-order valence-electron chi connectivity index (χ4n) is 2.70. The maximum absolute atomic E-state index is 12.0. The van der Waals surface area contributed by atoms with Gasteiger partial charge in [-0.1, -0.05) is 0 Å². The van der Waals surface area contributed by atoms with E-state index in [2.05, 4.69) is 15.4 Å². The molecule has 2 aromatic rings. The van der Waals surface area contributed by atoms with Crippen LogP contribution in [0.25, 0.3) is 0 Å². The smallest absolute Gasteiger partial charge is 0.328 e. The van der Waals surface area contributed by atoms with Gasteiger partial charge < -0.3 is 10.3 Å². The van der Waals surface area contributed by atoms with Gasteiger partial charge >= 0.3 is 5.69 Å². The van der Waals surface area contributed by atoms with Crippen molar-refractivity contribution in [2.24, 2.45) is 7.05 Å². The number of H-pyrrole nitrogens is 1. The Morgan fingerprint density at radius 2 is 2.12 bits per heavy atom. The summed E-state index contributed by atoms with van der Waals surface area (Å²) in [5.74, 6) is -0.610. The number of aromatic nitrogens is 4. The molecule has 0 unspecified atom stereocenters. The van der Waals surface area contributed by atoms with Crippen LogP contribution in [0.5, 0.6) is 0 Å². The van der Waals surface area contributed by atoms with Gasteiger partial charge in [-0.05, 0) is 24.8 Å². The Morgan fingerprint density at radius 1 is 1.33 bits per heavy atom. The van der Waals surface area contributed by atoms with Crippen molar-refractivity contribution in [3.8, 4) is 0 Å². The van der Waals surface area contributed by atoms with E-state index in [1.807, 2.05) is 0 Å². The summed E-state index contributed by atoms with van der Waals surface area (Å²) in [5, 5.41) is 6.86. The van der Waals surface area contributed by atoms with Crippen molar-refractivity contribution in [3.63, 3.8) is 0 Å². The van der Waals surface area contributed by atoms with Gasteiger partial charge in [-0.2, -0.15) is 5.10 Å². The van der Waals surface area contributed by atoms with Gasteiger partial charge in [0.2, 0.25) is 0 Å². The molecule has 0 fully saturated rings. The third-order valence-corrected chi connectivity index (χ3v) is 4.06. The molecule has 0 aliphatic heterocycles. The molecule has 0 saturated carbocycles. The maximum atomic E-state index is 12.0. The highest BCUT2D eigenvalue weighted by Crippen LogP contribution is 2.16. The number of nitrogens with one attached hydrogen (secondary N) is 2. The molecule has 2 aromatic heterocycles. The zero-order valence-electron chi connectivity index (χ0n) is 13.2. The lowest BCUT2D eigenvalue weighted by Crippen LogP contribution is -2.40. The van der Waals surface area contributed by atoms with Crippen LogP contribution in [0, 0.1) is 0 Å². The second-order valence-corrected chi connectivity index (χ2v) is 5.66. The fraction of sp³-hybridized carbons (Fsp3) is 0.400. The molecule has 126 valence electrons. The summed E-state index contributed by atoms with van der Waals surface area (Å²) >= 11 is 0. The first kappa shape index (κ1) is 15.9. The minimum Gasteiger partial charge on any atom is -0.350 e. The third-order valence-electron chi connectivity index (χ3n) is 4.06. The lowest BCUT2D eigenvalue weighted by atomic mass is 10.2. The van der Waals surface area contributed by atoms with Crippen LogP contribution in [0.4, 0.5) is 0 Å². The minimum atomic E-state index is -0.677. The molecule has 1 aliphatic carbocycles. The summed E-state index contributed by atoms with van der Waals surface area (Å²) in [4.78, 5) is 49.4. The topological polar surface area (TPSA) is 119 Å². The highest BCUT2D eigenvalue weighted by atomic mass is 16.2. The largest absolute Gasteiger partial charge is 0.350 e. The molecular formula is C15H17N5O4. The Bertz CT molecular complexity index is 969. The number of hydrogen-bond acceptors (Lipinski definition) is 5. The van der Waals surface area contributed by atoms with E-state index >= 15 is 0 Å². The van der Waals surface area contributed by atoms with Crippen molar-refractivity contribution in [1.29, 1.82) is 0 Å². The van der Waals surface area contributed by atoms with Crippen LogP contribution in [-0.4, -0.2) is 31.8 Å². The molecule has 3 rings (SSSR count). The van der Waals surface area contributed by atoms with Crippen molar-refractivity contribution in [2.75, 3.05) is 6.54 Å². The Kier molecular flexibility index (Phi) is 4.15. The second kappa shape index (κ2) is 6.26. The van der Waals surface area contributed by atoms with E-state index in [9.17, 15) is 19.2 Å². The molecule has 2 heterocycles. The van der Waals surface area contributed by atoms with E-state index in [4.69, 9.17) is 0 Å².